The van der Waals surface area contributed by atoms with E-state index in [0.717, 1.165) is 24.3 Å². The maximum atomic E-state index is 5.38. The molecule has 0 aromatic carbocycles. The Hall–Kier alpha value is -1.03. The Morgan fingerprint density at radius 1 is 1.38 bits per heavy atom. The summed E-state index contributed by atoms with van der Waals surface area (Å²) in [5, 5.41) is 7.80. The predicted molar refractivity (Wildman–Crippen MR) is 66.9 cm³/mol. The molecule has 0 bridgehead atoms. The van der Waals surface area contributed by atoms with Crippen LogP contribution in [0.1, 0.15) is 31.7 Å². The van der Waals surface area contributed by atoms with Gasteiger partial charge in [-0.15, -0.1) is 0 Å². The monoisotopic (exact) mass is 225 g/mol. The number of hydrogen-bond donors (Lipinski definition) is 1. The molecule has 1 N–H and O–H groups in total. The molecule has 0 unspecified atom stereocenters. The van der Waals surface area contributed by atoms with Crippen molar-refractivity contribution in [3.05, 3.63) is 11.4 Å². The summed E-state index contributed by atoms with van der Waals surface area (Å²) in [6.07, 6.45) is 0.970. The number of hydrogen-bond acceptors (Lipinski definition) is 3. The Morgan fingerprint density at radius 3 is 2.44 bits per heavy atom. The second-order valence-corrected chi connectivity index (χ2v) is 4.81. The SMILES string of the molecule is COC(C)(C)CCNc1c(C)nn(C)c1C. The smallest absolute Gasteiger partial charge is 0.0827 e. The molecule has 0 aliphatic rings. The maximum Gasteiger partial charge on any atom is 0.0827 e. The van der Waals surface area contributed by atoms with Gasteiger partial charge < -0.3 is 10.1 Å². The van der Waals surface area contributed by atoms with Gasteiger partial charge in [-0.2, -0.15) is 5.10 Å². The lowest BCUT2D eigenvalue weighted by Crippen LogP contribution is -2.25. The van der Waals surface area contributed by atoms with Crippen molar-refractivity contribution in [2.45, 2.75) is 39.7 Å². The van der Waals surface area contributed by atoms with Crippen molar-refractivity contribution in [3.63, 3.8) is 0 Å². The molecule has 92 valence electrons. The largest absolute Gasteiger partial charge is 0.382 e. The molecule has 4 nitrogen and oxygen atoms in total. The summed E-state index contributed by atoms with van der Waals surface area (Å²) in [7, 11) is 3.72. The number of nitrogens with zero attached hydrogens (tertiary/aromatic N) is 2. The van der Waals surface area contributed by atoms with Crippen LogP contribution in [0.15, 0.2) is 0 Å². The van der Waals surface area contributed by atoms with E-state index in [2.05, 4.69) is 31.2 Å². The van der Waals surface area contributed by atoms with Gasteiger partial charge in [-0.25, -0.2) is 0 Å². The van der Waals surface area contributed by atoms with E-state index < -0.39 is 0 Å². The summed E-state index contributed by atoms with van der Waals surface area (Å²) in [6, 6.07) is 0. The fourth-order valence-electron chi connectivity index (χ4n) is 1.62. The molecule has 1 aromatic rings. The third kappa shape index (κ3) is 2.98. The van der Waals surface area contributed by atoms with Crippen molar-refractivity contribution in [1.82, 2.24) is 9.78 Å². The normalized spacial score (nSPS) is 11.9. The highest BCUT2D eigenvalue weighted by Crippen LogP contribution is 2.19. The number of anilines is 1. The Labute approximate surface area is 98.0 Å². The van der Waals surface area contributed by atoms with Gasteiger partial charge in [0.05, 0.1) is 22.7 Å². The summed E-state index contributed by atoms with van der Waals surface area (Å²) >= 11 is 0. The minimum atomic E-state index is -0.0724. The van der Waals surface area contributed by atoms with Crippen LogP contribution in [0.4, 0.5) is 5.69 Å². The Morgan fingerprint density at radius 2 is 2.00 bits per heavy atom. The number of nitrogens with one attached hydrogen (secondary N) is 1. The lowest BCUT2D eigenvalue weighted by atomic mass is 10.1. The van der Waals surface area contributed by atoms with E-state index in [4.69, 9.17) is 4.74 Å². The van der Waals surface area contributed by atoms with E-state index in [9.17, 15) is 0 Å². The fourth-order valence-corrected chi connectivity index (χ4v) is 1.62. The van der Waals surface area contributed by atoms with Gasteiger partial charge in [-0.1, -0.05) is 0 Å². The molecule has 0 spiro atoms. The van der Waals surface area contributed by atoms with E-state index >= 15 is 0 Å². The van der Waals surface area contributed by atoms with Crippen LogP contribution in [0.25, 0.3) is 0 Å². The first-order chi connectivity index (χ1) is 7.37. The zero-order chi connectivity index (χ0) is 12.3. The average Bonchev–Trinajstić information content (AvgIpc) is 2.44. The van der Waals surface area contributed by atoms with Crippen LogP contribution in [0.2, 0.25) is 0 Å². The molecule has 1 aromatic heterocycles. The average molecular weight is 225 g/mol. The quantitative estimate of drug-likeness (QED) is 0.835. The highest BCUT2D eigenvalue weighted by Gasteiger charge is 2.16. The van der Waals surface area contributed by atoms with Crippen LogP contribution in [-0.4, -0.2) is 29.0 Å². The summed E-state index contributed by atoms with van der Waals surface area (Å²) < 4.78 is 7.28. The molecule has 4 heteroatoms. The number of rotatable bonds is 5. The number of aryl methyl sites for hydroxylation is 2. The lowest BCUT2D eigenvalue weighted by Gasteiger charge is -2.23. The van der Waals surface area contributed by atoms with E-state index in [-0.39, 0.29) is 5.60 Å². The van der Waals surface area contributed by atoms with Gasteiger partial charge in [0.25, 0.3) is 0 Å². The lowest BCUT2D eigenvalue weighted by molar-refractivity contribution is 0.0185. The molecule has 16 heavy (non-hydrogen) atoms. The standard InChI is InChI=1S/C12H23N3O/c1-9-11(10(2)15(5)14-9)13-8-7-12(3,4)16-6/h13H,7-8H2,1-6H3. The third-order valence-corrected chi connectivity index (χ3v) is 3.09. The zero-order valence-electron chi connectivity index (χ0n) is 11.2. The van der Waals surface area contributed by atoms with Crippen LogP contribution < -0.4 is 5.32 Å². The molecule has 0 atom stereocenters. The molecule has 0 fully saturated rings. The summed E-state index contributed by atoms with van der Waals surface area (Å²) in [6.45, 7) is 9.18. The van der Waals surface area contributed by atoms with Gasteiger partial charge in [0.2, 0.25) is 0 Å². The van der Waals surface area contributed by atoms with Crippen molar-refractivity contribution in [1.29, 1.82) is 0 Å². The molecule has 0 aliphatic heterocycles. The molecule has 0 amide bonds. The molecule has 0 aliphatic carbocycles. The van der Waals surface area contributed by atoms with Gasteiger partial charge in [0, 0.05) is 20.7 Å². The van der Waals surface area contributed by atoms with Gasteiger partial charge in [0.15, 0.2) is 0 Å². The first-order valence-corrected chi connectivity index (χ1v) is 5.66. The summed E-state index contributed by atoms with van der Waals surface area (Å²) in [5.74, 6) is 0. The van der Waals surface area contributed by atoms with Crippen LogP contribution >= 0.6 is 0 Å². The van der Waals surface area contributed by atoms with Gasteiger partial charge in [-0.05, 0) is 34.1 Å². The first-order valence-electron chi connectivity index (χ1n) is 5.66. The molecule has 1 heterocycles. The van der Waals surface area contributed by atoms with Crippen LogP contribution in [0.3, 0.4) is 0 Å². The zero-order valence-corrected chi connectivity index (χ0v) is 11.2. The molecular formula is C12H23N3O. The van der Waals surface area contributed by atoms with Gasteiger partial charge in [-0.3, -0.25) is 4.68 Å². The molecule has 0 saturated carbocycles. The van der Waals surface area contributed by atoms with E-state index in [1.165, 1.54) is 5.69 Å². The Bertz CT molecular complexity index is 355. The summed E-state index contributed by atoms with van der Waals surface area (Å²) in [5.41, 5.74) is 3.30. The van der Waals surface area contributed by atoms with Crippen molar-refractivity contribution >= 4 is 5.69 Å². The highest BCUT2D eigenvalue weighted by molar-refractivity contribution is 5.51. The fraction of sp³-hybridized carbons (Fsp3) is 0.750. The van der Waals surface area contributed by atoms with Crippen molar-refractivity contribution in [2.75, 3.05) is 19.0 Å². The van der Waals surface area contributed by atoms with Gasteiger partial charge >= 0.3 is 0 Å². The second kappa shape index (κ2) is 4.87. The number of aromatic nitrogens is 2. The number of methoxy groups -OCH3 is 1. The van der Waals surface area contributed by atoms with Gasteiger partial charge in [0.1, 0.15) is 0 Å². The molecule has 1 rings (SSSR count). The number of ether oxygens (including phenoxy) is 1. The summed E-state index contributed by atoms with van der Waals surface area (Å²) in [4.78, 5) is 0. The van der Waals surface area contributed by atoms with Crippen LogP contribution in [0.5, 0.6) is 0 Å². The van der Waals surface area contributed by atoms with Crippen molar-refractivity contribution < 1.29 is 4.74 Å². The predicted octanol–water partition coefficient (Wildman–Crippen LogP) is 2.26. The molecule has 0 radical (unpaired) electrons. The van der Waals surface area contributed by atoms with E-state index in [1.807, 2.05) is 18.7 Å². The molecule has 0 saturated heterocycles. The second-order valence-electron chi connectivity index (χ2n) is 4.81. The van der Waals surface area contributed by atoms with Crippen LogP contribution in [-0.2, 0) is 11.8 Å². The minimum Gasteiger partial charge on any atom is -0.382 e. The maximum absolute atomic E-state index is 5.38. The van der Waals surface area contributed by atoms with E-state index in [0.29, 0.717) is 0 Å². The van der Waals surface area contributed by atoms with Crippen molar-refractivity contribution in [2.24, 2.45) is 7.05 Å². The Balaban J connectivity index is 2.55. The van der Waals surface area contributed by atoms with Crippen molar-refractivity contribution in [3.8, 4) is 0 Å². The minimum absolute atomic E-state index is 0.0724. The van der Waals surface area contributed by atoms with Crippen LogP contribution in [0, 0.1) is 13.8 Å². The Kier molecular flexibility index (Phi) is 3.97. The van der Waals surface area contributed by atoms with E-state index in [1.54, 1.807) is 7.11 Å². The topological polar surface area (TPSA) is 39.1 Å². The first kappa shape index (κ1) is 13.0. The molecular weight excluding hydrogens is 202 g/mol. The third-order valence-electron chi connectivity index (χ3n) is 3.09. The highest BCUT2D eigenvalue weighted by atomic mass is 16.5.